The molecule has 1 aromatic rings. The van der Waals surface area contributed by atoms with Crippen molar-refractivity contribution < 1.29 is 9.53 Å². The summed E-state index contributed by atoms with van der Waals surface area (Å²) in [6.07, 6.45) is 7.20. The van der Waals surface area contributed by atoms with Crippen LogP contribution in [0.2, 0.25) is 0 Å². The van der Waals surface area contributed by atoms with Gasteiger partial charge in [0.2, 0.25) is 0 Å². The molecule has 0 saturated carbocycles. The molecule has 1 amide bonds. The SMILES string of the molecule is C[C@@H]1CCC[C@@H](/C=C/c2ccccc2)N1C(=O)OC(C)(C)C. The Kier molecular flexibility index (Phi) is 5.28. The predicted octanol–water partition coefficient (Wildman–Crippen LogP) is 4.88. The van der Waals surface area contributed by atoms with Gasteiger partial charge in [0.1, 0.15) is 5.60 Å². The Bertz CT molecular complexity index is 516. The number of hydrogen-bond donors (Lipinski definition) is 0. The van der Waals surface area contributed by atoms with Gasteiger partial charge >= 0.3 is 6.09 Å². The molecular weight excluding hydrogens is 274 g/mol. The minimum absolute atomic E-state index is 0.110. The second-order valence-corrected chi connectivity index (χ2v) is 7.00. The van der Waals surface area contributed by atoms with Crippen LogP contribution in [0, 0.1) is 0 Å². The first-order valence-corrected chi connectivity index (χ1v) is 8.11. The van der Waals surface area contributed by atoms with Crippen LogP contribution in [0.25, 0.3) is 6.08 Å². The molecule has 3 heteroatoms. The topological polar surface area (TPSA) is 29.5 Å². The van der Waals surface area contributed by atoms with Crippen molar-refractivity contribution in [3.8, 4) is 0 Å². The van der Waals surface area contributed by atoms with Crippen LogP contribution in [0.5, 0.6) is 0 Å². The first-order valence-electron chi connectivity index (χ1n) is 8.11. The molecule has 1 aliphatic rings. The Morgan fingerprint density at radius 1 is 1.23 bits per heavy atom. The molecule has 0 bridgehead atoms. The maximum Gasteiger partial charge on any atom is 0.411 e. The second-order valence-electron chi connectivity index (χ2n) is 7.00. The third kappa shape index (κ3) is 4.62. The van der Waals surface area contributed by atoms with Crippen LogP contribution in [-0.4, -0.2) is 28.7 Å². The van der Waals surface area contributed by atoms with Gasteiger partial charge in [-0.15, -0.1) is 0 Å². The second kappa shape index (κ2) is 6.99. The lowest BCUT2D eigenvalue weighted by Gasteiger charge is -2.40. The summed E-state index contributed by atoms with van der Waals surface area (Å²) < 4.78 is 5.58. The predicted molar refractivity (Wildman–Crippen MR) is 90.7 cm³/mol. The average molecular weight is 301 g/mol. The number of benzene rings is 1. The largest absolute Gasteiger partial charge is 0.444 e. The minimum atomic E-state index is -0.456. The highest BCUT2D eigenvalue weighted by atomic mass is 16.6. The zero-order valence-electron chi connectivity index (χ0n) is 14.1. The number of ether oxygens (including phenoxy) is 1. The summed E-state index contributed by atoms with van der Waals surface area (Å²) >= 11 is 0. The highest BCUT2D eigenvalue weighted by Crippen LogP contribution is 2.26. The molecule has 1 heterocycles. The Labute approximate surface area is 134 Å². The first-order chi connectivity index (χ1) is 10.4. The van der Waals surface area contributed by atoms with Crippen LogP contribution in [0.15, 0.2) is 36.4 Å². The Balaban J connectivity index is 2.13. The molecule has 3 nitrogen and oxygen atoms in total. The molecule has 0 aromatic heterocycles. The van der Waals surface area contributed by atoms with E-state index in [9.17, 15) is 4.79 Å². The summed E-state index contributed by atoms with van der Waals surface area (Å²) in [5, 5.41) is 0. The molecule has 120 valence electrons. The summed E-state index contributed by atoms with van der Waals surface area (Å²) in [4.78, 5) is 14.4. The summed E-state index contributed by atoms with van der Waals surface area (Å²) in [6, 6.07) is 10.5. The van der Waals surface area contributed by atoms with Crippen LogP contribution in [0.4, 0.5) is 4.79 Å². The summed E-state index contributed by atoms with van der Waals surface area (Å²) in [7, 11) is 0. The Morgan fingerprint density at radius 2 is 1.91 bits per heavy atom. The van der Waals surface area contributed by atoms with Crippen molar-refractivity contribution >= 4 is 12.2 Å². The highest BCUT2D eigenvalue weighted by molar-refractivity contribution is 5.70. The molecule has 22 heavy (non-hydrogen) atoms. The monoisotopic (exact) mass is 301 g/mol. The molecule has 0 spiro atoms. The van der Waals surface area contributed by atoms with E-state index in [1.807, 2.05) is 43.9 Å². The van der Waals surface area contributed by atoms with Crippen LogP contribution in [0.3, 0.4) is 0 Å². The van der Waals surface area contributed by atoms with Gasteiger partial charge in [-0.3, -0.25) is 4.90 Å². The van der Waals surface area contributed by atoms with Crippen LogP contribution >= 0.6 is 0 Å². The van der Waals surface area contributed by atoms with E-state index in [0.29, 0.717) is 0 Å². The van der Waals surface area contributed by atoms with Crippen molar-refractivity contribution in [3.63, 3.8) is 0 Å². The quantitative estimate of drug-likeness (QED) is 0.779. The average Bonchev–Trinajstić information content (AvgIpc) is 2.44. The third-order valence-electron chi connectivity index (χ3n) is 3.87. The van der Waals surface area contributed by atoms with Gasteiger partial charge in [0.05, 0.1) is 6.04 Å². The van der Waals surface area contributed by atoms with Gasteiger partial charge in [-0.25, -0.2) is 4.79 Å². The number of carbonyl (C=O) groups is 1. The van der Waals surface area contributed by atoms with E-state index in [1.54, 1.807) is 0 Å². The van der Waals surface area contributed by atoms with E-state index in [-0.39, 0.29) is 18.2 Å². The van der Waals surface area contributed by atoms with Crippen molar-refractivity contribution in [1.29, 1.82) is 0 Å². The minimum Gasteiger partial charge on any atom is -0.444 e. The molecule has 1 fully saturated rings. The molecular formula is C19H27NO2. The van der Waals surface area contributed by atoms with E-state index in [4.69, 9.17) is 4.74 Å². The number of nitrogens with zero attached hydrogens (tertiary/aromatic N) is 1. The van der Waals surface area contributed by atoms with Crippen molar-refractivity contribution in [2.24, 2.45) is 0 Å². The number of likely N-dealkylation sites (tertiary alicyclic amines) is 1. The van der Waals surface area contributed by atoms with E-state index in [1.165, 1.54) is 0 Å². The van der Waals surface area contributed by atoms with Crippen LogP contribution in [0.1, 0.15) is 52.5 Å². The van der Waals surface area contributed by atoms with Gasteiger partial charge in [0.25, 0.3) is 0 Å². The van der Waals surface area contributed by atoms with Crippen molar-refractivity contribution in [2.45, 2.75) is 64.6 Å². The summed E-state index contributed by atoms with van der Waals surface area (Å²) in [5.74, 6) is 0. The van der Waals surface area contributed by atoms with E-state index in [0.717, 1.165) is 24.8 Å². The van der Waals surface area contributed by atoms with Gasteiger partial charge < -0.3 is 4.74 Å². The standard InChI is InChI=1S/C19H27NO2/c1-15-9-8-12-17(14-13-16-10-6-5-7-11-16)20(15)18(21)22-19(2,3)4/h5-7,10-11,13-15,17H,8-9,12H2,1-4H3/b14-13+/t15-,17+/m1/s1. The molecule has 0 N–H and O–H groups in total. The summed E-state index contributed by atoms with van der Waals surface area (Å²) in [5.41, 5.74) is 0.701. The van der Waals surface area contributed by atoms with Crippen LogP contribution < -0.4 is 0 Å². The Morgan fingerprint density at radius 3 is 2.55 bits per heavy atom. The van der Waals surface area contributed by atoms with Gasteiger partial charge in [-0.1, -0.05) is 42.5 Å². The zero-order chi connectivity index (χ0) is 16.2. The number of hydrogen-bond acceptors (Lipinski definition) is 2. The van der Waals surface area contributed by atoms with E-state index >= 15 is 0 Å². The lowest BCUT2D eigenvalue weighted by Crippen LogP contribution is -2.49. The molecule has 0 radical (unpaired) electrons. The van der Waals surface area contributed by atoms with Crippen molar-refractivity contribution in [1.82, 2.24) is 4.90 Å². The summed E-state index contributed by atoms with van der Waals surface area (Å²) in [6.45, 7) is 7.84. The first kappa shape index (κ1) is 16.6. The lowest BCUT2D eigenvalue weighted by molar-refractivity contribution is 0.00370. The highest BCUT2D eigenvalue weighted by Gasteiger charge is 2.33. The molecule has 1 saturated heterocycles. The zero-order valence-corrected chi connectivity index (χ0v) is 14.1. The molecule has 2 atom stereocenters. The van der Waals surface area contributed by atoms with Crippen molar-refractivity contribution in [3.05, 3.63) is 42.0 Å². The normalized spacial score (nSPS) is 22.8. The Hall–Kier alpha value is -1.77. The third-order valence-corrected chi connectivity index (χ3v) is 3.87. The van der Waals surface area contributed by atoms with Crippen molar-refractivity contribution in [2.75, 3.05) is 0 Å². The van der Waals surface area contributed by atoms with E-state index < -0.39 is 5.60 Å². The fourth-order valence-electron chi connectivity index (χ4n) is 2.83. The van der Waals surface area contributed by atoms with Gasteiger partial charge in [0.15, 0.2) is 0 Å². The molecule has 0 aliphatic carbocycles. The number of carbonyl (C=O) groups excluding carboxylic acids is 1. The fourth-order valence-corrected chi connectivity index (χ4v) is 2.83. The maximum absolute atomic E-state index is 12.5. The van der Waals surface area contributed by atoms with Crippen LogP contribution in [-0.2, 0) is 4.74 Å². The molecule has 1 aliphatic heterocycles. The van der Waals surface area contributed by atoms with Gasteiger partial charge in [-0.05, 0) is 52.5 Å². The number of rotatable bonds is 2. The van der Waals surface area contributed by atoms with Gasteiger partial charge in [-0.2, -0.15) is 0 Å². The maximum atomic E-state index is 12.5. The molecule has 2 rings (SSSR count). The lowest BCUT2D eigenvalue weighted by atomic mass is 9.96. The van der Waals surface area contributed by atoms with Gasteiger partial charge in [0, 0.05) is 6.04 Å². The van der Waals surface area contributed by atoms with E-state index in [2.05, 4.69) is 31.2 Å². The molecule has 0 unspecified atom stereocenters. The molecule has 1 aromatic carbocycles. The fraction of sp³-hybridized carbons (Fsp3) is 0.526. The smallest absolute Gasteiger partial charge is 0.411 e. The number of amides is 1. The number of piperidine rings is 1.